The predicted molar refractivity (Wildman–Crippen MR) is 110 cm³/mol. The van der Waals surface area contributed by atoms with E-state index in [2.05, 4.69) is 60.3 Å². The number of nitrogens with zero attached hydrogens (tertiary/aromatic N) is 3. The van der Waals surface area contributed by atoms with Gasteiger partial charge in [0.05, 0.1) is 5.39 Å². The number of piperidine rings is 1. The molecule has 0 bridgehead atoms. The van der Waals surface area contributed by atoms with E-state index < -0.39 is 0 Å². The average molecular weight is 414 g/mol. The Morgan fingerprint density at radius 1 is 1.27 bits per heavy atom. The Balaban J connectivity index is 1.58. The van der Waals surface area contributed by atoms with Gasteiger partial charge in [0.1, 0.15) is 17.8 Å². The maximum atomic E-state index is 4.51. The molecule has 0 spiro atoms. The SMILES string of the molecule is CCC1CCN(Cc2c[nH]c3ncnc(Nc4cccc(Br)c4)c23)CC1. The normalized spacial score (nSPS) is 16.2. The first-order valence-electron chi connectivity index (χ1n) is 9.29. The lowest BCUT2D eigenvalue weighted by Gasteiger charge is -2.31. The van der Waals surface area contributed by atoms with E-state index in [0.717, 1.165) is 39.5 Å². The Bertz CT molecular complexity index is 883. The second-order valence-corrected chi connectivity index (χ2v) is 7.94. The highest BCUT2D eigenvalue weighted by Crippen LogP contribution is 2.29. The fraction of sp³-hybridized carbons (Fsp3) is 0.400. The van der Waals surface area contributed by atoms with Gasteiger partial charge in [0.25, 0.3) is 0 Å². The number of fused-ring (bicyclic) bond motifs is 1. The van der Waals surface area contributed by atoms with Crippen molar-refractivity contribution in [1.29, 1.82) is 0 Å². The lowest BCUT2D eigenvalue weighted by Crippen LogP contribution is -2.32. The van der Waals surface area contributed by atoms with Gasteiger partial charge in [-0.05, 0) is 55.6 Å². The van der Waals surface area contributed by atoms with Crippen LogP contribution in [0.25, 0.3) is 11.0 Å². The molecule has 1 aromatic carbocycles. The fourth-order valence-electron chi connectivity index (χ4n) is 3.74. The van der Waals surface area contributed by atoms with Crippen molar-refractivity contribution < 1.29 is 0 Å². The summed E-state index contributed by atoms with van der Waals surface area (Å²) in [4.78, 5) is 14.8. The summed E-state index contributed by atoms with van der Waals surface area (Å²) < 4.78 is 1.04. The second kappa shape index (κ2) is 7.76. The van der Waals surface area contributed by atoms with E-state index in [-0.39, 0.29) is 0 Å². The first-order chi connectivity index (χ1) is 12.7. The van der Waals surface area contributed by atoms with Crippen molar-refractivity contribution >= 4 is 38.5 Å². The number of likely N-dealkylation sites (tertiary alicyclic amines) is 1. The Hall–Kier alpha value is -1.92. The minimum Gasteiger partial charge on any atom is -0.346 e. The Labute approximate surface area is 162 Å². The molecular weight excluding hydrogens is 390 g/mol. The molecule has 5 nitrogen and oxygen atoms in total. The zero-order valence-electron chi connectivity index (χ0n) is 15.0. The number of halogens is 1. The molecule has 0 saturated carbocycles. The molecule has 1 fully saturated rings. The van der Waals surface area contributed by atoms with E-state index >= 15 is 0 Å². The molecule has 1 saturated heterocycles. The molecular formula is C20H24BrN5. The van der Waals surface area contributed by atoms with Crippen molar-refractivity contribution in [2.75, 3.05) is 18.4 Å². The minimum atomic E-state index is 0.854. The standard InChI is InChI=1S/C20H24BrN5/c1-2-14-6-8-26(9-7-14)12-15-11-22-19-18(15)20(24-13-23-19)25-17-5-3-4-16(21)10-17/h3-5,10-11,13-14H,2,6-9,12H2,1H3,(H2,22,23,24,25). The first kappa shape index (κ1) is 17.5. The molecule has 3 heterocycles. The van der Waals surface area contributed by atoms with Crippen LogP contribution >= 0.6 is 15.9 Å². The van der Waals surface area contributed by atoms with Crippen molar-refractivity contribution in [1.82, 2.24) is 19.9 Å². The van der Waals surface area contributed by atoms with Crippen molar-refractivity contribution in [2.24, 2.45) is 5.92 Å². The number of H-pyrrole nitrogens is 1. The van der Waals surface area contributed by atoms with Crippen LogP contribution in [0.4, 0.5) is 11.5 Å². The highest BCUT2D eigenvalue weighted by molar-refractivity contribution is 9.10. The van der Waals surface area contributed by atoms with Crippen molar-refractivity contribution in [2.45, 2.75) is 32.7 Å². The van der Waals surface area contributed by atoms with Gasteiger partial charge >= 0.3 is 0 Å². The van der Waals surface area contributed by atoms with Gasteiger partial charge in [-0.15, -0.1) is 0 Å². The van der Waals surface area contributed by atoms with Crippen LogP contribution < -0.4 is 5.32 Å². The Kier molecular flexibility index (Phi) is 5.22. The maximum Gasteiger partial charge on any atom is 0.143 e. The highest BCUT2D eigenvalue weighted by Gasteiger charge is 2.20. The molecule has 4 rings (SSSR count). The van der Waals surface area contributed by atoms with Crippen LogP contribution in [-0.2, 0) is 6.54 Å². The van der Waals surface area contributed by atoms with Gasteiger partial charge in [-0.25, -0.2) is 9.97 Å². The molecule has 0 atom stereocenters. The summed E-state index contributed by atoms with van der Waals surface area (Å²) >= 11 is 3.52. The predicted octanol–water partition coefficient (Wildman–Crippen LogP) is 5.09. The van der Waals surface area contributed by atoms with Crippen LogP contribution in [0.5, 0.6) is 0 Å². The van der Waals surface area contributed by atoms with Crippen molar-refractivity contribution in [3.05, 3.63) is 46.8 Å². The van der Waals surface area contributed by atoms with Gasteiger partial charge < -0.3 is 10.3 Å². The van der Waals surface area contributed by atoms with Crippen molar-refractivity contribution in [3.63, 3.8) is 0 Å². The summed E-state index contributed by atoms with van der Waals surface area (Å²) in [6.07, 6.45) is 7.60. The molecule has 2 aromatic heterocycles. The molecule has 0 unspecified atom stereocenters. The molecule has 3 aromatic rings. The van der Waals surface area contributed by atoms with E-state index in [9.17, 15) is 0 Å². The molecule has 1 aliphatic rings. The topological polar surface area (TPSA) is 56.8 Å². The van der Waals surface area contributed by atoms with E-state index in [1.165, 1.54) is 37.9 Å². The number of nitrogens with one attached hydrogen (secondary N) is 2. The van der Waals surface area contributed by atoms with E-state index in [1.807, 2.05) is 18.2 Å². The number of hydrogen-bond donors (Lipinski definition) is 2. The first-order valence-corrected chi connectivity index (χ1v) is 10.1. The van der Waals surface area contributed by atoms with Gasteiger partial charge in [-0.3, -0.25) is 4.90 Å². The van der Waals surface area contributed by atoms with E-state index in [4.69, 9.17) is 0 Å². The summed E-state index contributed by atoms with van der Waals surface area (Å²) in [5, 5.41) is 4.54. The minimum absolute atomic E-state index is 0.854. The van der Waals surface area contributed by atoms with Crippen LogP contribution in [0.3, 0.4) is 0 Å². The van der Waals surface area contributed by atoms with Gasteiger partial charge in [-0.2, -0.15) is 0 Å². The molecule has 1 aliphatic heterocycles. The van der Waals surface area contributed by atoms with Gasteiger partial charge in [0.15, 0.2) is 0 Å². The third-order valence-corrected chi connectivity index (χ3v) is 5.81. The van der Waals surface area contributed by atoms with Crippen LogP contribution in [0.1, 0.15) is 31.7 Å². The fourth-order valence-corrected chi connectivity index (χ4v) is 4.14. The van der Waals surface area contributed by atoms with Gasteiger partial charge in [-0.1, -0.05) is 35.3 Å². The lowest BCUT2D eigenvalue weighted by molar-refractivity contribution is 0.175. The summed E-state index contributed by atoms with van der Waals surface area (Å²) in [5.74, 6) is 1.75. The number of benzene rings is 1. The Morgan fingerprint density at radius 3 is 2.88 bits per heavy atom. The van der Waals surface area contributed by atoms with Crippen LogP contribution in [0.15, 0.2) is 41.3 Å². The molecule has 0 aliphatic carbocycles. The summed E-state index contributed by atoms with van der Waals surface area (Å²) in [7, 11) is 0. The van der Waals surface area contributed by atoms with Gasteiger partial charge in [0.2, 0.25) is 0 Å². The highest BCUT2D eigenvalue weighted by atomic mass is 79.9. The van der Waals surface area contributed by atoms with E-state index in [0.29, 0.717) is 0 Å². The van der Waals surface area contributed by atoms with E-state index in [1.54, 1.807) is 6.33 Å². The monoisotopic (exact) mass is 413 g/mol. The van der Waals surface area contributed by atoms with Crippen LogP contribution in [0.2, 0.25) is 0 Å². The summed E-state index contributed by atoms with van der Waals surface area (Å²) in [6.45, 7) is 5.59. The maximum absolute atomic E-state index is 4.51. The van der Waals surface area contributed by atoms with Crippen LogP contribution in [-0.4, -0.2) is 32.9 Å². The smallest absolute Gasteiger partial charge is 0.143 e. The summed E-state index contributed by atoms with van der Waals surface area (Å²) in [6, 6.07) is 8.12. The quantitative estimate of drug-likeness (QED) is 0.611. The molecule has 0 amide bonds. The van der Waals surface area contributed by atoms with Crippen molar-refractivity contribution in [3.8, 4) is 0 Å². The molecule has 0 radical (unpaired) electrons. The Morgan fingerprint density at radius 2 is 2.12 bits per heavy atom. The number of anilines is 2. The number of rotatable bonds is 5. The number of hydrogen-bond acceptors (Lipinski definition) is 4. The lowest BCUT2D eigenvalue weighted by atomic mass is 9.94. The molecule has 2 N–H and O–H groups in total. The second-order valence-electron chi connectivity index (χ2n) is 7.02. The zero-order chi connectivity index (χ0) is 17.9. The third kappa shape index (κ3) is 3.76. The summed E-state index contributed by atoms with van der Waals surface area (Å²) in [5.41, 5.74) is 3.15. The third-order valence-electron chi connectivity index (χ3n) is 5.32. The van der Waals surface area contributed by atoms with Gasteiger partial charge in [0, 0.05) is 22.9 Å². The number of aromatic nitrogens is 3. The zero-order valence-corrected chi connectivity index (χ0v) is 16.6. The molecule has 136 valence electrons. The number of aromatic amines is 1. The largest absolute Gasteiger partial charge is 0.346 e. The molecule has 26 heavy (non-hydrogen) atoms. The molecule has 6 heteroatoms. The van der Waals surface area contributed by atoms with Crippen LogP contribution in [0, 0.1) is 5.92 Å². The average Bonchev–Trinajstić information content (AvgIpc) is 3.06.